The van der Waals surface area contributed by atoms with Crippen LogP contribution in [0, 0.1) is 13.8 Å². The minimum absolute atomic E-state index is 0.138. The van der Waals surface area contributed by atoms with Crippen LogP contribution < -0.4 is 0 Å². The molecule has 2 heterocycles. The minimum Gasteiger partial charge on any atom is -0.394 e. The number of hydrogen-bond donors (Lipinski definition) is 1. The Morgan fingerprint density at radius 2 is 1.58 bits per heavy atom. The summed E-state index contributed by atoms with van der Waals surface area (Å²) < 4.78 is 1.93. The Morgan fingerprint density at radius 3 is 2.21 bits per heavy atom. The average Bonchev–Trinajstić information content (AvgIpc) is 2.85. The van der Waals surface area contributed by atoms with Gasteiger partial charge in [-0.2, -0.15) is 5.10 Å². The summed E-state index contributed by atoms with van der Waals surface area (Å²) in [5, 5.41) is 13.7. The number of aliphatic hydroxyl groups is 1. The molecule has 2 aromatic rings. The quantitative estimate of drug-likeness (QED) is 0.878. The van der Waals surface area contributed by atoms with Crippen molar-refractivity contribution in [2.24, 2.45) is 0 Å². The van der Waals surface area contributed by atoms with E-state index in [1.54, 1.807) is 0 Å². The van der Waals surface area contributed by atoms with Crippen LogP contribution in [-0.2, 0) is 19.6 Å². The van der Waals surface area contributed by atoms with Gasteiger partial charge in [-0.15, -0.1) is 0 Å². The highest BCUT2D eigenvalue weighted by atomic mass is 16.3. The highest BCUT2D eigenvalue weighted by Crippen LogP contribution is 2.17. The Bertz CT molecular complexity index is 645. The normalized spacial score (nSPS) is 16.6. The van der Waals surface area contributed by atoms with Crippen LogP contribution in [-0.4, -0.2) is 57.5 Å². The second-order valence-corrected chi connectivity index (χ2v) is 6.63. The van der Waals surface area contributed by atoms with Crippen LogP contribution in [0.5, 0.6) is 0 Å². The second kappa shape index (κ2) is 7.92. The first-order valence-corrected chi connectivity index (χ1v) is 8.79. The molecule has 0 spiro atoms. The van der Waals surface area contributed by atoms with Crippen molar-refractivity contribution in [2.45, 2.75) is 33.5 Å². The Balaban J connectivity index is 1.54. The molecule has 3 rings (SSSR count). The molecule has 5 heteroatoms. The summed E-state index contributed by atoms with van der Waals surface area (Å²) >= 11 is 0. The Morgan fingerprint density at radius 1 is 0.958 bits per heavy atom. The summed E-state index contributed by atoms with van der Waals surface area (Å²) in [7, 11) is 0. The van der Waals surface area contributed by atoms with E-state index in [0.717, 1.165) is 45.0 Å². The highest BCUT2D eigenvalue weighted by molar-refractivity contribution is 5.24. The van der Waals surface area contributed by atoms with Crippen molar-refractivity contribution in [3.63, 3.8) is 0 Å². The molecule has 0 saturated carbocycles. The van der Waals surface area contributed by atoms with E-state index in [2.05, 4.69) is 59.1 Å². The number of nitrogens with zero attached hydrogens (tertiary/aromatic N) is 4. The van der Waals surface area contributed by atoms with Gasteiger partial charge in [0.1, 0.15) is 0 Å². The molecule has 1 aliphatic heterocycles. The molecular weight excluding hydrogens is 300 g/mol. The topological polar surface area (TPSA) is 44.5 Å². The summed E-state index contributed by atoms with van der Waals surface area (Å²) in [4.78, 5) is 5.04. The van der Waals surface area contributed by atoms with Gasteiger partial charge in [0.2, 0.25) is 0 Å². The van der Waals surface area contributed by atoms with Crippen molar-refractivity contribution in [2.75, 3.05) is 32.8 Å². The zero-order valence-corrected chi connectivity index (χ0v) is 14.8. The second-order valence-electron chi connectivity index (χ2n) is 6.63. The lowest BCUT2D eigenvalue weighted by atomic mass is 10.1. The number of aliphatic hydroxyl groups excluding tert-OH is 1. The van der Waals surface area contributed by atoms with Crippen LogP contribution >= 0.6 is 0 Å². The number of hydrogen-bond acceptors (Lipinski definition) is 4. The van der Waals surface area contributed by atoms with E-state index in [1.165, 1.54) is 16.8 Å². The van der Waals surface area contributed by atoms with E-state index in [-0.39, 0.29) is 6.61 Å². The van der Waals surface area contributed by atoms with Crippen LogP contribution in [0.1, 0.15) is 22.5 Å². The molecule has 0 bridgehead atoms. The molecule has 0 unspecified atom stereocenters. The molecule has 5 nitrogen and oxygen atoms in total. The lowest BCUT2D eigenvalue weighted by molar-refractivity contribution is 0.121. The van der Waals surface area contributed by atoms with Gasteiger partial charge < -0.3 is 5.11 Å². The first-order valence-electron chi connectivity index (χ1n) is 8.79. The maximum Gasteiger partial charge on any atom is 0.0644 e. The van der Waals surface area contributed by atoms with E-state index in [4.69, 9.17) is 5.11 Å². The molecule has 130 valence electrons. The van der Waals surface area contributed by atoms with Crippen molar-refractivity contribution in [3.05, 3.63) is 52.8 Å². The van der Waals surface area contributed by atoms with Crippen molar-refractivity contribution in [1.29, 1.82) is 0 Å². The van der Waals surface area contributed by atoms with Gasteiger partial charge in [0.25, 0.3) is 0 Å². The zero-order chi connectivity index (χ0) is 16.9. The molecule has 1 saturated heterocycles. The number of aromatic nitrogens is 2. The standard InChI is InChI=1S/C19H28N4O/c1-16-19(17(2)23(20-16)12-13-24)15-22-10-8-21(9-11-22)14-18-6-4-3-5-7-18/h3-7,24H,8-15H2,1-2H3. The van der Waals surface area contributed by atoms with Crippen molar-refractivity contribution in [1.82, 2.24) is 19.6 Å². The predicted molar refractivity (Wildman–Crippen MR) is 95.8 cm³/mol. The molecule has 1 N–H and O–H groups in total. The van der Waals surface area contributed by atoms with E-state index in [1.807, 2.05) is 4.68 Å². The fourth-order valence-corrected chi connectivity index (χ4v) is 3.45. The third kappa shape index (κ3) is 4.04. The van der Waals surface area contributed by atoms with E-state index >= 15 is 0 Å². The monoisotopic (exact) mass is 328 g/mol. The number of piperazine rings is 1. The largest absolute Gasteiger partial charge is 0.394 e. The molecule has 0 atom stereocenters. The maximum atomic E-state index is 9.14. The predicted octanol–water partition coefficient (Wildman–Crippen LogP) is 1.81. The Kier molecular flexibility index (Phi) is 5.66. The van der Waals surface area contributed by atoms with Gasteiger partial charge >= 0.3 is 0 Å². The van der Waals surface area contributed by atoms with Crippen LogP contribution in [0.3, 0.4) is 0 Å². The fraction of sp³-hybridized carbons (Fsp3) is 0.526. The van der Waals surface area contributed by atoms with Crippen LogP contribution in [0.2, 0.25) is 0 Å². The molecule has 1 aromatic heterocycles. The van der Waals surface area contributed by atoms with Gasteiger partial charge in [-0.25, -0.2) is 0 Å². The first kappa shape index (κ1) is 17.1. The van der Waals surface area contributed by atoms with Gasteiger partial charge in [0.05, 0.1) is 18.8 Å². The SMILES string of the molecule is Cc1nn(CCO)c(C)c1CN1CCN(Cc2ccccc2)CC1. The maximum absolute atomic E-state index is 9.14. The molecule has 1 fully saturated rings. The zero-order valence-electron chi connectivity index (χ0n) is 14.8. The number of rotatable bonds is 6. The van der Waals surface area contributed by atoms with Crippen molar-refractivity contribution < 1.29 is 5.11 Å². The smallest absolute Gasteiger partial charge is 0.0644 e. The highest BCUT2D eigenvalue weighted by Gasteiger charge is 2.20. The molecule has 0 amide bonds. The number of benzene rings is 1. The van der Waals surface area contributed by atoms with E-state index in [0.29, 0.717) is 6.54 Å². The molecule has 0 aliphatic carbocycles. The summed E-state index contributed by atoms with van der Waals surface area (Å²) in [6.07, 6.45) is 0. The van der Waals surface area contributed by atoms with E-state index < -0.39 is 0 Å². The number of aryl methyl sites for hydroxylation is 1. The molecule has 1 aliphatic rings. The van der Waals surface area contributed by atoms with Crippen LogP contribution in [0.4, 0.5) is 0 Å². The summed E-state index contributed by atoms with van der Waals surface area (Å²) in [6, 6.07) is 10.7. The fourth-order valence-electron chi connectivity index (χ4n) is 3.45. The Hall–Kier alpha value is -1.69. The lowest BCUT2D eigenvalue weighted by Crippen LogP contribution is -2.45. The molecule has 24 heavy (non-hydrogen) atoms. The van der Waals surface area contributed by atoms with Crippen molar-refractivity contribution in [3.8, 4) is 0 Å². The van der Waals surface area contributed by atoms with Gasteiger partial charge in [0, 0.05) is 50.5 Å². The molecule has 0 radical (unpaired) electrons. The first-order chi connectivity index (χ1) is 11.7. The van der Waals surface area contributed by atoms with Gasteiger partial charge in [-0.1, -0.05) is 30.3 Å². The van der Waals surface area contributed by atoms with Crippen molar-refractivity contribution >= 4 is 0 Å². The van der Waals surface area contributed by atoms with E-state index in [9.17, 15) is 0 Å². The van der Waals surface area contributed by atoms with Crippen LogP contribution in [0.25, 0.3) is 0 Å². The summed E-state index contributed by atoms with van der Waals surface area (Å²) in [5.74, 6) is 0. The average molecular weight is 328 g/mol. The van der Waals surface area contributed by atoms with Gasteiger partial charge in [-0.05, 0) is 19.4 Å². The minimum atomic E-state index is 0.138. The molecular formula is C19H28N4O. The van der Waals surface area contributed by atoms with Crippen LogP contribution in [0.15, 0.2) is 30.3 Å². The lowest BCUT2D eigenvalue weighted by Gasteiger charge is -2.34. The van der Waals surface area contributed by atoms with Gasteiger partial charge in [-0.3, -0.25) is 14.5 Å². The third-order valence-corrected chi connectivity index (χ3v) is 4.94. The van der Waals surface area contributed by atoms with Gasteiger partial charge in [0.15, 0.2) is 0 Å². The summed E-state index contributed by atoms with van der Waals surface area (Å²) in [5.41, 5.74) is 4.99. The third-order valence-electron chi connectivity index (χ3n) is 4.94. The summed E-state index contributed by atoms with van der Waals surface area (Å²) in [6.45, 7) is 11.3. The Labute approximate surface area is 144 Å². The molecule has 1 aromatic carbocycles.